The number of rotatable bonds is 5. The summed E-state index contributed by atoms with van der Waals surface area (Å²) in [6.45, 7) is 7.35. The summed E-state index contributed by atoms with van der Waals surface area (Å²) < 4.78 is 5.86. The van der Waals surface area contributed by atoms with E-state index in [-0.39, 0.29) is 30.1 Å². The van der Waals surface area contributed by atoms with Crippen molar-refractivity contribution < 1.29 is 4.74 Å². The van der Waals surface area contributed by atoms with Gasteiger partial charge in [-0.25, -0.2) is 0 Å². The molecule has 130 valence electrons. The van der Waals surface area contributed by atoms with Crippen molar-refractivity contribution in [2.24, 2.45) is 4.99 Å². The maximum absolute atomic E-state index is 5.86. The predicted octanol–water partition coefficient (Wildman–Crippen LogP) is 2.03. The highest BCUT2D eigenvalue weighted by atomic mass is 127. The molecule has 1 fully saturated rings. The summed E-state index contributed by atoms with van der Waals surface area (Å²) in [6, 6.07) is 10.6. The van der Waals surface area contributed by atoms with Crippen LogP contribution in [0.4, 0.5) is 0 Å². The van der Waals surface area contributed by atoms with Crippen molar-refractivity contribution in [2.45, 2.75) is 19.6 Å². The van der Waals surface area contributed by atoms with Crippen molar-refractivity contribution in [3.05, 3.63) is 35.9 Å². The molecule has 0 radical (unpaired) electrons. The molecule has 23 heavy (non-hydrogen) atoms. The second-order valence-corrected chi connectivity index (χ2v) is 5.80. The Morgan fingerprint density at radius 3 is 2.74 bits per heavy atom. The summed E-state index contributed by atoms with van der Waals surface area (Å²) in [4.78, 5) is 9.11. The Morgan fingerprint density at radius 1 is 1.35 bits per heavy atom. The molecule has 1 aliphatic heterocycles. The number of guanidine groups is 1. The zero-order chi connectivity index (χ0) is 15.8. The van der Waals surface area contributed by atoms with Gasteiger partial charge in [0.1, 0.15) is 0 Å². The molecule has 0 aliphatic carbocycles. The molecule has 1 heterocycles. The lowest BCUT2D eigenvalue weighted by molar-refractivity contribution is -0.0259. The number of nitrogens with zero attached hydrogens (tertiary/aromatic N) is 3. The van der Waals surface area contributed by atoms with Gasteiger partial charge < -0.3 is 15.0 Å². The Bertz CT molecular complexity index is 467. The Balaban J connectivity index is 0.00000264. The third-order valence-electron chi connectivity index (χ3n) is 3.68. The minimum absolute atomic E-state index is 0. The zero-order valence-electron chi connectivity index (χ0n) is 14.4. The Morgan fingerprint density at radius 2 is 2.09 bits per heavy atom. The van der Waals surface area contributed by atoms with E-state index in [0.717, 1.165) is 38.7 Å². The molecule has 0 bridgehead atoms. The van der Waals surface area contributed by atoms with Crippen LogP contribution in [-0.4, -0.2) is 68.7 Å². The van der Waals surface area contributed by atoms with Gasteiger partial charge in [0, 0.05) is 40.3 Å². The molecule has 0 aromatic heterocycles. The van der Waals surface area contributed by atoms with Crippen LogP contribution in [0.15, 0.2) is 35.3 Å². The summed E-state index contributed by atoms with van der Waals surface area (Å²) in [7, 11) is 4.01. The lowest BCUT2D eigenvalue weighted by Gasteiger charge is -2.32. The lowest BCUT2D eigenvalue weighted by atomic mass is 10.2. The molecule has 1 aliphatic rings. The molecule has 1 atom stereocenters. The number of benzene rings is 1. The number of hydrogen-bond acceptors (Lipinski definition) is 3. The van der Waals surface area contributed by atoms with Crippen LogP contribution in [0.3, 0.4) is 0 Å². The van der Waals surface area contributed by atoms with Crippen molar-refractivity contribution >= 4 is 29.9 Å². The van der Waals surface area contributed by atoms with Crippen molar-refractivity contribution in [2.75, 3.05) is 46.9 Å². The highest BCUT2D eigenvalue weighted by Gasteiger charge is 2.20. The van der Waals surface area contributed by atoms with E-state index >= 15 is 0 Å². The average molecular weight is 432 g/mol. The van der Waals surface area contributed by atoms with Gasteiger partial charge in [-0.1, -0.05) is 30.3 Å². The van der Waals surface area contributed by atoms with Crippen LogP contribution in [0.5, 0.6) is 0 Å². The number of hydrogen-bond donors (Lipinski definition) is 1. The van der Waals surface area contributed by atoms with Gasteiger partial charge in [0.05, 0.1) is 19.3 Å². The molecule has 5 nitrogen and oxygen atoms in total. The minimum Gasteiger partial charge on any atom is -0.374 e. The maximum Gasteiger partial charge on any atom is 0.193 e. The molecule has 1 N–H and O–H groups in total. The van der Waals surface area contributed by atoms with E-state index in [1.54, 1.807) is 0 Å². The Kier molecular flexibility index (Phi) is 9.50. The van der Waals surface area contributed by atoms with Crippen LogP contribution in [0.2, 0.25) is 0 Å². The molecule has 0 amide bonds. The van der Waals surface area contributed by atoms with Crippen molar-refractivity contribution in [3.8, 4) is 0 Å². The van der Waals surface area contributed by atoms with Crippen molar-refractivity contribution in [3.63, 3.8) is 0 Å². The number of halogens is 1. The van der Waals surface area contributed by atoms with Gasteiger partial charge in [-0.3, -0.25) is 9.89 Å². The van der Waals surface area contributed by atoms with Crippen molar-refractivity contribution in [1.29, 1.82) is 0 Å². The van der Waals surface area contributed by atoms with E-state index in [1.807, 2.05) is 19.0 Å². The number of morpholine rings is 1. The second kappa shape index (κ2) is 10.8. The number of ether oxygens (including phenoxy) is 1. The first-order valence-electron chi connectivity index (χ1n) is 8.02. The first kappa shape index (κ1) is 20.2. The van der Waals surface area contributed by atoms with Gasteiger partial charge in [-0.05, 0) is 12.5 Å². The molecule has 2 rings (SSSR count). The molecule has 1 saturated heterocycles. The first-order chi connectivity index (χ1) is 10.7. The van der Waals surface area contributed by atoms with E-state index < -0.39 is 0 Å². The number of aliphatic imine (C=N–C) groups is 1. The monoisotopic (exact) mass is 432 g/mol. The van der Waals surface area contributed by atoms with Gasteiger partial charge in [0.2, 0.25) is 0 Å². The zero-order valence-corrected chi connectivity index (χ0v) is 16.7. The highest BCUT2D eigenvalue weighted by Crippen LogP contribution is 2.10. The predicted molar refractivity (Wildman–Crippen MR) is 107 cm³/mol. The fourth-order valence-electron chi connectivity index (χ4n) is 2.58. The fourth-order valence-corrected chi connectivity index (χ4v) is 2.58. The van der Waals surface area contributed by atoms with Crippen LogP contribution in [0.1, 0.15) is 12.5 Å². The Hall–Kier alpha value is -0.860. The van der Waals surface area contributed by atoms with Crippen LogP contribution in [-0.2, 0) is 11.3 Å². The van der Waals surface area contributed by atoms with Gasteiger partial charge >= 0.3 is 0 Å². The summed E-state index contributed by atoms with van der Waals surface area (Å²) >= 11 is 0. The Labute approximate surface area is 157 Å². The van der Waals surface area contributed by atoms with Crippen LogP contribution in [0.25, 0.3) is 0 Å². The number of nitrogens with one attached hydrogen (secondary N) is 1. The molecule has 0 saturated carbocycles. The van der Waals surface area contributed by atoms with Crippen LogP contribution in [0, 0.1) is 0 Å². The van der Waals surface area contributed by atoms with Crippen LogP contribution >= 0.6 is 24.0 Å². The quantitative estimate of drug-likeness (QED) is 0.439. The normalized spacial score (nSPS) is 19.1. The molecular formula is C17H29IN4O. The first-order valence-corrected chi connectivity index (χ1v) is 8.02. The second-order valence-electron chi connectivity index (χ2n) is 5.80. The molecular weight excluding hydrogens is 403 g/mol. The molecule has 6 heteroatoms. The van der Waals surface area contributed by atoms with E-state index in [2.05, 4.69) is 52.5 Å². The van der Waals surface area contributed by atoms with E-state index in [4.69, 9.17) is 4.74 Å². The third-order valence-corrected chi connectivity index (χ3v) is 3.68. The summed E-state index contributed by atoms with van der Waals surface area (Å²) in [5.74, 6) is 0.922. The smallest absolute Gasteiger partial charge is 0.193 e. The average Bonchev–Trinajstić information content (AvgIpc) is 2.52. The molecule has 1 aromatic rings. The van der Waals surface area contributed by atoms with Gasteiger partial charge in [-0.15, -0.1) is 24.0 Å². The standard InChI is InChI=1S/C17H28N4O.HI/c1-4-18-17(20(2)3)19-12-16-14-21(10-11-22-16)13-15-8-6-5-7-9-15;/h5-9,16H,4,10-14H2,1-3H3,(H,18,19);1H. The van der Waals surface area contributed by atoms with Crippen molar-refractivity contribution in [1.82, 2.24) is 15.1 Å². The SMILES string of the molecule is CCNC(=NCC1CN(Cc2ccccc2)CCO1)N(C)C.I. The van der Waals surface area contributed by atoms with Gasteiger partial charge in [0.25, 0.3) is 0 Å². The lowest BCUT2D eigenvalue weighted by Crippen LogP contribution is -2.44. The van der Waals surface area contributed by atoms with Crippen LogP contribution < -0.4 is 5.32 Å². The molecule has 1 aromatic carbocycles. The summed E-state index contributed by atoms with van der Waals surface area (Å²) in [5, 5.41) is 3.28. The third kappa shape index (κ3) is 7.05. The van der Waals surface area contributed by atoms with Gasteiger partial charge in [0.15, 0.2) is 5.96 Å². The summed E-state index contributed by atoms with van der Waals surface area (Å²) in [5.41, 5.74) is 1.35. The maximum atomic E-state index is 5.86. The minimum atomic E-state index is 0. The topological polar surface area (TPSA) is 40.1 Å². The van der Waals surface area contributed by atoms with Gasteiger partial charge in [-0.2, -0.15) is 0 Å². The molecule has 1 unspecified atom stereocenters. The fraction of sp³-hybridized carbons (Fsp3) is 0.588. The van der Waals surface area contributed by atoms with E-state index in [9.17, 15) is 0 Å². The summed E-state index contributed by atoms with van der Waals surface area (Å²) in [6.07, 6.45) is 0.172. The highest BCUT2D eigenvalue weighted by molar-refractivity contribution is 14.0. The largest absolute Gasteiger partial charge is 0.374 e. The van der Waals surface area contributed by atoms with E-state index in [0.29, 0.717) is 6.54 Å². The van der Waals surface area contributed by atoms with E-state index in [1.165, 1.54) is 5.56 Å². The molecule has 0 spiro atoms.